The third kappa shape index (κ3) is 23.5. The van der Waals surface area contributed by atoms with Crippen molar-refractivity contribution in [1.82, 2.24) is 97.6 Å². The van der Waals surface area contributed by atoms with Gasteiger partial charge in [-0.05, 0) is 108 Å². The number of anilines is 5. The lowest BCUT2D eigenvalue weighted by atomic mass is 10.2. The summed E-state index contributed by atoms with van der Waals surface area (Å²) in [6.07, 6.45) is 19.9. The molecule has 23 rings (SSSR count). The molecule has 15 aromatic rings. The SMILES string of the molecule is C[C@@H]1COCCN1c1cc(N=S(C)(=O)C2COC2)nc(-n2cnc3ccccc32)n1.C[C@@H]1COCCN1c1cc(N=S(C)(C)=O)nc(-n2cnc3ccccc32)n1.C[C@@H]1COCCN1c1cc(N=[S@@](C)(=O)C2COC2)nc(-n2cnc3ccccc32)n1.C[C@@H]1COCCN1c1cc(N=[S@@](C)(=O)C2COC2)nc(-n2cnc3ccccc32)n1.Cc1ccc2c(c1)ncn2-c1nc(N=S(C)(C)=O)cc(N2CCOC[C@H]2C)n1. The van der Waals surface area contributed by atoms with Crippen LogP contribution in [0.4, 0.5) is 58.2 Å². The first-order valence-corrected chi connectivity index (χ1v) is 58.4. The van der Waals surface area contributed by atoms with Gasteiger partial charge in [0.1, 0.15) is 60.7 Å². The van der Waals surface area contributed by atoms with Crippen molar-refractivity contribution < 1.29 is 58.9 Å². The van der Waals surface area contributed by atoms with E-state index < -0.39 is 48.6 Å². The van der Waals surface area contributed by atoms with E-state index in [-0.39, 0.29) is 46.0 Å². The van der Waals surface area contributed by atoms with Crippen LogP contribution in [0.25, 0.3) is 84.9 Å². The number of aryl methyl sites for hydroxylation is 1. The van der Waals surface area contributed by atoms with Crippen LogP contribution in [0, 0.1) is 6.92 Å². The number of rotatable bonds is 18. The Bertz CT molecular complexity index is 7520. The molecule has 0 radical (unpaired) electrons. The van der Waals surface area contributed by atoms with Gasteiger partial charge in [-0.15, -0.1) is 0 Å². The van der Waals surface area contributed by atoms with Crippen molar-refractivity contribution in [2.45, 2.75) is 87.5 Å². The van der Waals surface area contributed by atoms with E-state index in [2.05, 4.69) is 131 Å². The minimum Gasteiger partial charge on any atom is -0.379 e. The molecule has 0 amide bonds. The number of hydrogen-bond acceptors (Lipinski definition) is 38. The average Bonchev–Trinajstić information content (AvgIpc) is 1.07. The number of morpholine rings is 5. The van der Waals surface area contributed by atoms with Crippen LogP contribution < -0.4 is 24.5 Å². The maximum absolute atomic E-state index is 13.1. The van der Waals surface area contributed by atoms with Crippen LogP contribution >= 0.6 is 0 Å². The van der Waals surface area contributed by atoms with E-state index in [4.69, 9.17) is 62.8 Å². The van der Waals surface area contributed by atoms with Crippen LogP contribution in [-0.4, -0.2) is 347 Å². The average molecular weight is 2070 g/mol. The van der Waals surface area contributed by atoms with Gasteiger partial charge < -0.3 is 62.4 Å². The minimum atomic E-state index is -2.47. The number of benzene rings is 5. The highest BCUT2D eigenvalue weighted by molar-refractivity contribution is 7.94. The van der Waals surface area contributed by atoms with Gasteiger partial charge in [0.25, 0.3) is 0 Å². The largest absolute Gasteiger partial charge is 0.379 e. The summed E-state index contributed by atoms with van der Waals surface area (Å²) in [5.74, 6) is 8.05. The summed E-state index contributed by atoms with van der Waals surface area (Å²) in [5.41, 5.74) is 9.98. The molecule has 8 saturated heterocycles. The maximum atomic E-state index is 13.1. The molecule has 0 N–H and O–H groups in total. The van der Waals surface area contributed by atoms with E-state index in [1.165, 1.54) is 0 Å². The molecule has 43 nitrogen and oxygen atoms in total. The highest BCUT2D eigenvalue weighted by Crippen LogP contribution is 2.36. The van der Waals surface area contributed by atoms with Gasteiger partial charge in [0.2, 0.25) is 29.7 Å². The molecular weight excluding hydrogens is 1950 g/mol. The summed E-state index contributed by atoms with van der Waals surface area (Å²) in [6.45, 7) is 25.3. The first kappa shape index (κ1) is 101. The Balaban J connectivity index is 0.000000115. The fraction of sp³-hybridized carbons (Fsp3) is 0.433. The molecular formula is C97H118N30O13S5. The van der Waals surface area contributed by atoms with Crippen molar-refractivity contribution in [3.8, 4) is 29.7 Å². The molecule has 1 unspecified atom stereocenters. The highest BCUT2D eigenvalue weighted by atomic mass is 32.2. The van der Waals surface area contributed by atoms with Crippen molar-refractivity contribution >= 4 is 162 Å². The summed E-state index contributed by atoms with van der Waals surface area (Å²) in [4.78, 5) is 80.1. The van der Waals surface area contributed by atoms with Crippen molar-refractivity contribution in [3.63, 3.8) is 0 Å². The third-order valence-corrected chi connectivity index (χ3v) is 32.9. The van der Waals surface area contributed by atoms with E-state index >= 15 is 0 Å². The number of hydrogen-bond donors (Lipinski definition) is 0. The summed E-state index contributed by atoms with van der Waals surface area (Å²) in [7, 11) is -12.1. The van der Waals surface area contributed by atoms with Gasteiger partial charge in [0.15, 0.2) is 29.1 Å². The van der Waals surface area contributed by atoms with Crippen LogP contribution in [0.1, 0.15) is 40.2 Å². The van der Waals surface area contributed by atoms with Gasteiger partial charge in [-0.3, -0.25) is 22.8 Å². The van der Waals surface area contributed by atoms with Crippen molar-refractivity contribution in [2.75, 3.05) is 207 Å². The summed E-state index contributed by atoms with van der Waals surface area (Å²) >= 11 is 0. The predicted octanol–water partition coefficient (Wildman–Crippen LogP) is 11.6. The second-order valence-electron chi connectivity index (χ2n) is 37.4. The lowest BCUT2D eigenvalue weighted by Gasteiger charge is -2.34. The van der Waals surface area contributed by atoms with Gasteiger partial charge >= 0.3 is 0 Å². The first-order valence-electron chi connectivity index (χ1n) is 47.8. The van der Waals surface area contributed by atoms with E-state index in [0.29, 0.717) is 165 Å². The van der Waals surface area contributed by atoms with Crippen molar-refractivity contribution in [2.24, 2.45) is 21.8 Å². The van der Waals surface area contributed by atoms with Crippen LogP contribution in [0.5, 0.6) is 0 Å². The fourth-order valence-electron chi connectivity index (χ4n) is 17.3. The predicted molar refractivity (Wildman–Crippen MR) is 563 cm³/mol. The van der Waals surface area contributed by atoms with E-state index in [9.17, 15) is 21.0 Å². The number of nitrogens with zero attached hydrogens (tertiary/aromatic N) is 30. The fourth-order valence-corrected chi connectivity index (χ4v) is 22.3. The Morgan fingerprint density at radius 2 is 0.483 bits per heavy atom. The quantitative estimate of drug-likeness (QED) is 0.0770. The molecule has 8 aliphatic rings. The molecule has 0 saturated carbocycles. The molecule has 8 aliphatic heterocycles. The van der Waals surface area contributed by atoms with Crippen LogP contribution in [-0.2, 0) is 86.5 Å². The van der Waals surface area contributed by atoms with Gasteiger partial charge in [0.05, 0.1) is 236 Å². The zero-order chi connectivity index (χ0) is 101. The first-order chi connectivity index (χ1) is 69.7. The molecule has 10 aromatic heterocycles. The molecule has 0 bridgehead atoms. The molecule has 8 atom stereocenters. The van der Waals surface area contributed by atoms with Gasteiger partial charge in [-0.25, -0.2) is 46.0 Å². The summed E-state index contributed by atoms with van der Waals surface area (Å²) < 4.78 is 139. The summed E-state index contributed by atoms with van der Waals surface area (Å²) in [5, 5.41) is -0.220. The molecule has 8 fully saturated rings. The standard InChI is InChI=1S/3C20H24N6O3S.C19H24N6O2S.C18H22N6O2S/c3*1-14-10-28-8-7-25(14)19-9-18(24-30(2,27)15-11-29-12-15)22-20(23-19)26-13-21-16-5-3-4-6-17(16)26;1-13-5-6-16-15(9-13)20-12-25(16)19-21-17(23-28(3,4)26)10-18(22-19)24-7-8-27-11-14(24)2;1-13-11-26-9-8-23(13)17-10-16(22-27(2,3)25)20-18(21-17)24-12-19-14-6-4-5-7-15(14)24/h3*3-6,9,13-15H,7-8,10-12H2,1-2H3;5-6,9-10,12,14H,7-8,11H2,1-4H3;4-7,10,12-13H,8-9,11H2,1-3H3/t14-,30?;2*14-,30+;14-;13-/m11111/s1. The zero-order valence-electron chi connectivity index (χ0n) is 83.0. The maximum Gasteiger partial charge on any atom is 0.239 e. The third-order valence-electron chi connectivity index (χ3n) is 25.5. The van der Waals surface area contributed by atoms with Crippen LogP contribution in [0.15, 0.2) is 199 Å². The number of para-hydroxylation sites is 8. The lowest BCUT2D eigenvalue weighted by molar-refractivity contribution is 0.0430. The zero-order valence-corrected chi connectivity index (χ0v) is 87.1. The second-order valence-corrected chi connectivity index (χ2v) is 50.2. The molecule has 764 valence electrons. The van der Waals surface area contributed by atoms with Crippen LogP contribution in [0.3, 0.4) is 0 Å². The van der Waals surface area contributed by atoms with E-state index in [0.717, 1.165) is 123 Å². The summed E-state index contributed by atoms with van der Waals surface area (Å²) in [6, 6.07) is 47.2. The topological polar surface area (TPSA) is 455 Å². The van der Waals surface area contributed by atoms with Gasteiger partial charge in [-0.2, -0.15) is 71.7 Å². The molecule has 5 aromatic carbocycles. The number of aromatic nitrogens is 20. The Hall–Kier alpha value is -12.7. The molecule has 145 heavy (non-hydrogen) atoms. The van der Waals surface area contributed by atoms with Crippen molar-refractivity contribution in [1.29, 1.82) is 0 Å². The van der Waals surface area contributed by atoms with Gasteiger partial charge in [-0.1, -0.05) is 54.6 Å². The number of fused-ring (bicyclic) bond motifs is 5. The molecule has 18 heterocycles. The lowest BCUT2D eigenvalue weighted by Crippen LogP contribution is -2.44. The second kappa shape index (κ2) is 43.1. The smallest absolute Gasteiger partial charge is 0.239 e. The van der Waals surface area contributed by atoms with Gasteiger partial charge in [0, 0.05) is 126 Å². The minimum absolute atomic E-state index is 0.0734. The van der Waals surface area contributed by atoms with E-state index in [1.54, 1.807) is 87.6 Å². The number of ether oxygens (including phenoxy) is 8. The Morgan fingerprint density at radius 1 is 0.262 bits per heavy atom. The molecule has 0 aliphatic carbocycles. The molecule has 0 spiro atoms. The Morgan fingerprint density at radius 3 is 0.703 bits per heavy atom. The Kier molecular flexibility index (Phi) is 30.0. The normalized spacial score (nSPS) is 20.4. The molecule has 48 heteroatoms. The Labute approximate surface area is 841 Å². The van der Waals surface area contributed by atoms with E-state index in [1.807, 2.05) is 163 Å². The number of imidazole rings is 5. The van der Waals surface area contributed by atoms with Crippen LogP contribution in [0.2, 0.25) is 0 Å². The van der Waals surface area contributed by atoms with Crippen molar-refractivity contribution in [3.05, 3.63) is 183 Å². The highest BCUT2D eigenvalue weighted by Gasteiger charge is 2.35. The monoisotopic (exact) mass is 2070 g/mol.